The number of aromatic nitrogens is 4. The molecule has 0 unspecified atom stereocenters. The monoisotopic (exact) mass is 286 g/mol. The van der Waals surface area contributed by atoms with E-state index in [0.717, 1.165) is 0 Å². The molecule has 2 aromatic heterocycles. The fourth-order valence-electron chi connectivity index (χ4n) is 1.82. The first-order chi connectivity index (χ1) is 10.1. The van der Waals surface area contributed by atoms with Crippen LogP contribution in [-0.4, -0.2) is 24.8 Å². The van der Waals surface area contributed by atoms with Crippen LogP contribution < -0.4 is 5.73 Å². The highest BCUT2D eigenvalue weighted by Gasteiger charge is 2.17. The Morgan fingerprint density at radius 2 is 2.24 bits per heavy atom. The van der Waals surface area contributed by atoms with Crippen LogP contribution in [0.25, 0.3) is 22.8 Å². The summed E-state index contributed by atoms with van der Waals surface area (Å²) < 4.78 is 6.61. The first-order valence-corrected chi connectivity index (χ1v) is 5.92. The van der Waals surface area contributed by atoms with E-state index < -0.39 is 4.92 Å². The molecule has 2 heterocycles. The minimum Gasteiger partial charge on any atom is -0.383 e. The van der Waals surface area contributed by atoms with E-state index in [-0.39, 0.29) is 17.4 Å². The van der Waals surface area contributed by atoms with Crippen molar-refractivity contribution in [1.82, 2.24) is 19.9 Å². The van der Waals surface area contributed by atoms with E-state index in [2.05, 4.69) is 15.2 Å². The summed E-state index contributed by atoms with van der Waals surface area (Å²) in [6.45, 7) is 0. The molecule has 3 aromatic rings. The fourth-order valence-corrected chi connectivity index (χ4v) is 1.82. The SMILES string of the molecule is Cn1ncc(-c2nc(-c3cccc([N+](=O)[O-])c3)no2)c1N. The summed E-state index contributed by atoms with van der Waals surface area (Å²) in [5, 5.41) is 18.6. The maximum absolute atomic E-state index is 10.8. The number of hydrogen-bond donors (Lipinski definition) is 1. The molecule has 21 heavy (non-hydrogen) atoms. The summed E-state index contributed by atoms with van der Waals surface area (Å²) in [5.74, 6) is 0.850. The summed E-state index contributed by atoms with van der Waals surface area (Å²) >= 11 is 0. The molecule has 0 aliphatic carbocycles. The molecule has 3 rings (SSSR count). The number of nitrogens with zero attached hydrogens (tertiary/aromatic N) is 5. The number of non-ortho nitro benzene ring substituents is 1. The van der Waals surface area contributed by atoms with Gasteiger partial charge in [0.15, 0.2) is 0 Å². The van der Waals surface area contributed by atoms with E-state index >= 15 is 0 Å². The van der Waals surface area contributed by atoms with Crippen LogP contribution in [0.3, 0.4) is 0 Å². The Morgan fingerprint density at radius 1 is 1.43 bits per heavy atom. The molecule has 0 aliphatic heterocycles. The second kappa shape index (κ2) is 4.71. The van der Waals surface area contributed by atoms with Crippen LogP contribution in [0.4, 0.5) is 11.5 Å². The number of benzene rings is 1. The zero-order valence-corrected chi connectivity index (χ0v) is 10.9. The van der Waals surface area contributed by atoms with Gasteiger partial charge in [-0.15, -0.1) is 0 Å². The van der Waals surface area contributed by atoms with E-state index in [1.165, 1.54) is 23.0 Å². The second-order valence-corrected chi connectivity index (χ2v) is 4.30. The molecule has 0 spiro atoms. The molecule has 9 nitrogen and oxygen atoms in total. The van der Waals surface area contributed by atoms with Crippen molar-refractivity contribution in [1.29, 1.82) is 0 Å². The van der Waals surface area contributed by atoms with Crippen LogP contribution in [-0.2, 0) is 7.05 Å². The van der Waals surface area contributed by atoms with Crippen molar-refractivity contribution in [3.8, 4) is 22.8 Å². The zero-order valence-electron chi connectivity index (χ0n) is 10.9. The molecule has 0 bridgehead atoms. The molecule has 0 amide bonds. The lowest BCUT2D eigenvalue weighted by Gasteiger charge is -1.95. The van der Waals surface area contributed by atoms with Crippen LogP contribution in [0.15, 0.2) is 35.0 Å². The number of aryl methyl sites for hydroxylation is 1. The molecule has 0 atom stereocenters. The fraction of sp³-hybridized carbons (Fsp3) is 0.0833. The van der Waals surface area contributed by atoms with E-state index in [0.29, 0.717) is 16.9 Å². The van der Waals surface area contributed by atoms with Crippen molar-refractivity contribution in [2.24, 2.45) is 7.05 Å². The van der Waals surface area contributed by atoms with Gasteiger partial charge in [0, 0.05) is 24.7 Å². The van der Waals surface area contributed by atoms with Gasteiger partial charge in [0.25, 0.3) is 11.6 Å². The first kappa shape index (κ1) is 12.8. The number of nitrogens with two attached hydrogens (primary N) is 1. The third-order valence-electron chi connectivity index (χ3n) is 2.96. The Labute approximate surface area is 118 Å². The van der Waals surface area contributed by atoms with E-state index in [1.807, 2.05) is 0 Å². The minimum absolute atomic E-state index is 0.0419. The van der Waals surface area contributed by atoms with E-state index in [4.69, 9.17) is 10.3 Å². The molecule has 0 fully saturated rings. The van der Waals surface area contributed by atoms with Gasteiger partial charge in [0.05, 0.1) is 11.1 Å². The van der Waals surface area contributed by atoms with Gasteiger partial charge in [0.2, 0.25) is 5.82 Å². The molecule has 106 valence electrons. The van der Waals surface area contributed by atoms with Gasteiger partial charge < -0.3 is 10.3 Å². The summed E-state index contributed by atoms with van der Waals surface area (Å²) in [6, 6.07) is 5.99. The van der Waals surface area contributed by atoms with Crippen molar-refractivity contribution in [2.75, 3.05) is 5.73 Å². The Morgan fingerprint density at radius 3 is 2.90 bits per heavy atom. The minimum atomic E-state index is -0.483. The number of rotatable bonds is 3. The number of nitro groups is 1. The third kappa shape index (κ3) is 2.20. The van der Waals surface area contributed by atoms with Crippen LogP contribution in [0.5, 0.6) is 0 Å². The molecule has 0 saturated heterocycles. The second-order valence-electron chi connectivity index (χ2n) is 4.30. The molecule has 2 N–H and O–H groups in total. The van der Waals surface area contributed by atoms with Crippen molar-refractivity contribution >= 4 is 11.5 Å². The van der Waals surface area contributed by atoms with E-state index in [9.17, 15) is 10.1 Å². The number of anilines is 1. The summed E-state index contributed by atoms with van der Waals surface area (Å²) in [7, 11) is 1.69. The predicted octanol–water partition coefficient (Wildman–Crippen LogP) is 1.63. The van der Waals surface area contributed by atoms with Gasteiger partial charge in [-0.25, -0.2) is 0 Å². The number of nitro benzene ring substituents is 1. The maximum Gasteiger partial charge on any atom is 0.270 e. The topological polar surface area (TPSA) is 126 Å². The highest BCUT2D eigenvalue weighted by Crippen LogP contribution is 2.27. The van der Waals surface area contributed by atoms with Crippen molar-refractivity contribution in [2.45, 2.75) is 0 Å². The van der Waals surface area contributed by atoms with Gasteiger partial charge in [-0.05, 0) is 0 Å². The van der Waals surface area contributed by atoms with Gasteiger partial charge in [-0.2, -0.15) is 10.1 Å². The summed E-state index contributed by atoms with van der Waals surface area (Å²) in [4.78, 5) is 14.5. The van der Waals surface area contributed by atoms with Gasteiger partial charge in [-0.3, -0.25) is 14.8 Å². The normalized spacial score (nSPS) is 10.7. The summed E-state index contributed by atoms with van der Waals surface area (Å²) in [5.41, 5.74) is 6.79. The van der Waals surface area contributed by atoms with Gasteiger partial charge in [0.1, 0.15) is 11.4 Å². The average Bonchev–Trinajstić information content (AvgIpc) is 3.07. The Balaban J connectivity index is 2.00. The standard InChI is InChI=1S/C12H10N6O3/c1-17-10(13)9(6-14-17)12-15-11(16-21-12)7-3-2-4-8(5-7)18(19)20/h2-6H,13H2,1H3. The van der Waals surface area contributed by atoms with Crippen molar-refractivity contribution in [3.05, 3.63) is 40.6 Å². The maximum atomic E-state index is 10.8. The molecular formula is C12H10N6O3. The van der Waals surface area contributed by atoms with E-state index in [1.54, 1.807) is 19.2 Å². The third-order valence-corrected chi connectivity index (χ3v) is 2.96. The van der Waals surface area contributed by atoms with Crippen LogP contribution in [0, 0.1) is 10.1 Å². The summed E-state index contributed by atoms with van der Waals surface area (Å²) in [6.07, 6.45) is 1.51. The molecule has 1 aromatic carbocycles. The lowest BCUT2D eigenvalue weighted by molar-refractivity contribution is -0.384. The quantitative estimate of drug-likeness (QED) is 0.572. The van der Waals surface area contributed by atoms with Gasteiger partial charge >= 0.3 is 0 Å². The predicted molar refractivity (Wildman–Crippen MR) is 73.0 cm³/mol. The molecule has 0 radical (unpaired) electrons. The van der Waals surface area contributed by atoms with Crippen molar-refractivity contribution in [3.63, 3.8) is 0 Å². The first-order valence-electron chi connectivity index (χ1n) is 5.92. The molecule has 9 heteroatoms. The highest BCUT2D eigenvalue weighted by atomic mass is 16.6. The largest absolute Gasteiger partial charge is 0.383 e. The molecule has 0 aliphatic rings. The Hall–Kier alpha value is -3.23. The lowest BCUT2D eigenvalue weighted by atomic mass is 10.2. The smallest absolute Gasteiger partial charge is 0.270 e. The highest BCUT2D eigenvalue weighted by molar-refractivity contribution is 5.68. The molecular weight excluding hydrogens is 276 g/mol. The average molecular weight is 286 g/mol. The number of nitrogen functional groups attached to an aromatic ring is 1. The van der Waals surface area contributed by atoms with Crippen LogP contribution >= 0.6 is 0 Å². The Kier molecular flexibility index (Phi) is 2.87. The lowest BCUT2D eigenvalue weighted by Crippen LogP contribution is -1.98. The molecule has 0 saturated carbocycles. The Bertz CT molecular complexity index is 822. The zero-order chi connectivity index (χ0) is 15.0. The number of hydrogen-bond acceptors (Lipinski definition) is 7. The van der Waals surface area contributed by atoms with Crippen LogP contribution in [0.1, 0.15) is 0 Å². The van der Waals surface area contributed by atoms with Crippen LogP contribution in [0.2, 0.25) is 0 Å². The van der Waals surface area contributed by atoms with Gasteiger partial charge in [-0.1, -0.05) is 17.3 Å². The van der Waals surface area contributed by atoms with Crippen molar-refractivity contribution < 1.29 is 9.45 Å².